The average molecular weight is 291 g/mol. The van der Waals surface area contributed by atoms with Gasteiger partial charge in [-0.3, -0.25) is 0 Å². The maximum Gasteiger partial charge on any atom is 0.0631 e. The maximum absolute atomic E-state index is 3.51. The van der Waals surface area contributed by atoms with Crippen molar-refractivity contribution in [1.29, 1.82) is 0 Å². The lowest BCUT2D eigenvalue weighted by Gasteiger charge is -2.08. The molecule has 64 valence electrons. The van der Waals surface area contributed by atoms with Crippen LogP contribution < -0.4 is 5.32 Å². The van der Waals surface area contributed by atoms with Crippen molar-refractivity contribution in [3.05, 3.63) is 27.1 Å². The van der Waals surface area contributed by atoms with Gasteiger partial charge in [-0.25, -0.2) is 0 Å². The van der Waals surface area contributed by atoms with Crippen LogP contribution in [0.2, 0.25) is 0 Å². The predicted molar refractivity (Wildman–Crippen MR) is 58.5 cm³/mol. The monoisotopic (exact) mass is 289 g/mol. The molecule has 0 bridgehead atoms. The van der Waals surface area contributed by atoms with Crippen molar-refractivity contribution in [2.75, 3.05) is 5.32 Å². The number of anilines is 1. The number of benzene rings is 1. The summed E-state index contributed by atoms with van der Waals surface area (Å²) in [5.74, 6) is 0. The Balaban J connectivity index is 2.26. The molecular weight excluding hydrogens is 282 g/mol. The van der Waals surface area contributed by atoms with Crippen LogP contribution in [-0.2, 0) is 0 Å². The number of hydrogen-bond donors (Lipinski definition) is 1. The molecule has 0 unspecified atom stereocenters. The van der Waals surface area contributed by atoms with Gasteiger partial charge in [0.15, 0.2) is 0 Å². The minimum absolute atomic E-state index is 0.694. The third kappa shape index (κ3) is 1.83. The number of halogens is 2. The van der Waals surface area contributed by atoms with E-state index in [4.69, 9.17) is 0 Å². The fourth-order valence-electron chi connectivity index (χ4n) is 1.07. The fourth-order valence-corrected chi connectivity index (χ4v) is 2.29. The summed E-state index contributed by atoms with van der Waals surface area (Å²) in [7, 11) is 0. The van der Waals surface area contributed by atoms with Crippen LogP contribution in [0.15, 0.2) is 27.1 Å². The van der Waals surface area contributed by atoms with Crippen molar-refractivity contribution >= 4 is 37.5 Å². The zero-order valence-electron chi connectivity index (χ0n) is 6.48. The molecule has 1 nitrogen and oxygen atoms in total. The molecule has 0 saturated heterocycles. The molecule has 1 saturated carbocycles. The van der Waals surface area contributed by atoms with Gasteiger partial charge in [0.2, 0.25) is 0 Å². The number of nitrogens with one attached hydrogen (secondary N) is 1. The summed E-state index contributed by atoms with van der Waals surface area (Å²) in [6, 6.07) is 6.82. The maximum atomic E-state index is 3.51. The van der Waals surface area contributed by atoms with E-state index in [1.54, 1.807) is 0 Å². The van der Waals surface area contributed by atoms with Crippen LogP contribution in [-0.4, -0.2) is 6.04 Å². The van der Waals surface area contributed by atoms with Crippen LogP contribution in [0.4, 0.5) is 5.69 Å². The molecule has 0 atom stereocenters. The predicted octanol–water partition coefficient (Wildman–Crippen LogP) is 3.79. The summed E-state index contributed by atoms with van der Waals surface area (Å²) in [6.07, 6.45) is 2.60. The zero-order chi connectivity index (χ0) is 8.55. The van der Waals surface area contributed by atoms with Gasteiger partial charge in [-0.15, -0.1) is 0 Å². The van der Waals surface area contributed by atoms with Crippen molar-refractivity contribution < 1.29 is 0 Å². The second-order valence-corrected chi connectivity index (χ2v) is 4.72. The van der Waals surface area contributed by atoms with Crippen LogP contribution in [0.25, 0.3) is 0 Å². The molecule has 2 rings (SSSR count). The smallest absolute Gasteiger partial charge is 0.0631 e. The fraction of sp³-hybridized carbons (Fsp3) is 0.333. The zero-order valence-corrected chi connectivity index (χ0v) is 9.65. The van der Waals surface area contributed by atoms with Crippen LogP contribution in [0.3, 0.4) is 0 Å². The quantitative estimate of drug-likeness (QED) is 0.874. The molecule has 0 spiro atoms. The summed E-state index contributed by atoms with van der Waals surface area (Å²) >= 11 is 7.02. The average Bonchev–Trinajstić information content (AvgIpc) is 2.80. The largest absolute Gasteiger partial charge is 0.380 e. The molecule has 0 radical (unpaired) electrons. The molecule has 0 amide bonds. The molecule has 3 heteroatoms. The van der Waals surface area contributed by atoms with Crippen molar-refractivity contribution in [2.45, 2.75) is 18.9 Å². The van der Waals surface area contributed by atoms with Crippen molar-refractivity contribution in [1.82, 2.24) is 0 Å². The van der Waals surface area contributed by atoms with Gasteiger partial charge in [0.1, 0.15) is 0 Å². The Labute approximate surface area is 88.8 Å². The SMILES string of the molecule is Brc1cccc(Br)c1NC1CC1. The lowest BCUT2D eigenvalue weighted by molar-refractivity contribution is 1.15. The first-order valence-corrected chi connectivity index (χ1v) is 5.56. The molecule has 1 aromatic carbocycles. The highest BCUT2D eigenvalue weighted by Gasteiger charge is 2.22. The van der Waals surface area contributed by atoms with E-state index in [-0.39, 0.29) is 0 Å². The topological polar surface area (TPSA) is 12.0 Å². The lowest BCUT2D eigenvalue weighted by atomic mass is 10.3. The van der Waals surface area contributed by atoms with Gasteiger partial charge in [0, 0.05) is 15.0 Å². The number of para-hydroxylation sites is 1. The normalized spacial score (nSPS) is 16.2. The third-order valence-electron chi connectivity index (χ3n) is 1.89. The minimum Gasteiger partial charge on any atom is -0.380 e. The van der Waals surface area contributed by atoms with Gasteiger partial charge in [0.05, 0.1) is 5.69 Å². The second-order valence-electron chi connectivity index (χ2n) is 3.02. The standard InChI is InChI=1S/C9H9Br2N/c10-7-2-1-3-8(11)9(7)12-6-4-5-6/h1-3,6,12H,4-5H2. The number of hydrogen-bond acceptors (Lipinski definition) is 1. The van der Waals surface area contributed by atoms with Crippen molar-refractivity contribution in [3.8, 4) is 0 Å². The molecule has 1 N–H and O–H groups in total. The van der Waals surface area contributed by atoms with Gasteiger partial charge in [-0.05, 0) is 56.8 Å². The summed E-state index contributed by atoms with van der Waals surface area (Å²) < 4.78 is 2.26. The highest BCUT2D eigenvalue weighted by Crippen LogP contribution is 2.34. The minimum atomic E-state index is 0.694. The Bertz CT molecular complexity index is 274. The summed E-state index contributed by atoms with van der Waals surface area (Å²) in [4.78, 5) is 0. The van der Waals surface area contributed by atoms with Crippen LogP contribution >= 0.6 is 31.9 Å². The molecule has 0 aliphatic heterocycles. The molecule has 0 aromatic heterocycles. The van der Waals surface area contributed by atoms with Crippen LogP contribution in [0.1, 0.15) is 12.8 Å². The molecule has 0 heterocycles. The Morgan fingerprint density at radius 1 is 1.17 bits per heavy atom. The van der Waals surface area contributed by atoms with Crippen molar-refractivity contribution in [2.24, 2.45) is 0 Å². The molecule has 12 heavy (non-hydrogen) atoms. The van der Waals surface area contributed by atoms with E-state index in [1.807, 2.05) is 6.07 Å². The molecular formula is C9H9Br2N. The van der Waals surface area contributed by atoms with E-state index in [0.29, 0.717) is 6.04 Å². The highest BCUT2D eigenvalue weighted by molar-refractivity contribution is 9.11. The third-order valence-corrected chi connectivity index (χ3v) is 3.21. The van der Waals surface area contributed by atoms with Gasteiger partial charge in [-0.1, -0.05) is 6.07 Å². The lowest BCUT2D eigenvalue weighted by Crippen LogP contribution is -2.01. The summed E-state index contributed by atoms with van der Waals surface area (Å²) in [6.45, 7) is 0. The molecule has 1 aromatic rings. The summed E-state index contributed by atoms with van der Waals surface area (Å²) in [5, 5.41) is 3.46. The highest BCUT2D eigenvalue weighted by atomic mass is 79.9. The van der Waals surface area contributed by atoms with E-state index in [9.17, 15) is 0 Å². The van der Waals surface area contributed by atoms with Gasteiger partial charge >= 0.3 is 0 Å². The van der Waals surface area contributed by atoms with E-state index in [2.05, 4.69) is 49.3 Å². The first-order chi connectivity index (χ1) is 5.77. The van der Waals surface area contributed by atoms with Gasteiger partial charge in [-0.2, -0.15) is 0 Å². The number of rotatable bonds is 2. The Hall–Kier alpha value is -0.0200. The second kappa shape index (κ2) is 3.38. The van der Waals surface area contributed by atoms with E-state index < -0.39 is 0 Å². The van der Waals surface area contributed by atoms with Gasteiger partial charge < -0.3 is 5.32 Å². The Morgan fingerprint density at radius 3 is 2.25 bits per heavy atom. The first-order valence-electron chi connectivity index (χ1n) is 3.98. The van der Waals surface area contributed by atoms with E-state index in [0.717, 1.165) is 8.95 Å². The van der Waals surface area contributed by atoms with Gasteiger partial charge in [0.25, 0.3) is 0 Å². The molecule has 1 aliphatic carbocycles. The Morgan fingerprint density at radius 2 is 1.75 bits per heavy atom. The first kappa shape index (κ1) is 8.57. The van der Waals surface area contributed by atoms with Crippen molar-refractivity contribution in [3.63, 3.8) is 0 Å². The van der Waals surface area contributed by atoms with E-state index >= 15 is 0 Å². The molecule has 1 aliphatic rings. The Kier molecular flexibility index (Phi) is 2.42. The van der Waals surface area contributed by atoms with E-state index in [1.165, 1.54) is 18.5 Å². The van der Waals surface area contributed by atoms with Crippen LogP contribution in [0, 0.1) is 0 Å². The molecule has 1 fully saturated rings. The van der Waals surface area contributed by atoms with Crippen LogP contribution in [0.5, 0.6) is 0 Å². The summed E-state index contributed by atoms with van der Waals surface area (Å²) in [5.41, 5.74) is 1.18.